The molecule has 0 bridgehead atoms. The van der Waals surface area contributed by atoms with Crippen molar-refractivity contribution in [2.24, 2.45) is 0 Å². The molecule has 1 aliphatic rings. The summed E-state index contributed by atoms with van der Waals surface area (Å²) in [7, 11) is 0. The summed E-state index contributed by atoms with van der Waals surface area (Å²) in [5.74, 6) is -0.00870. The number of nitrogens with zero attached hydrogens (tertiary/aromatic N) is 2. The summed E-state index contributed by atoms with van der Waals surface area (Å²) in [5.41, 5.74) is 4.39. The minimum absolute atomic E-state index is 0.00870. The number of hydrogen-bond acceptors (Lipinski definition) is 4. The van der Waals surface area contributed by atoms with Crippen LogP contribution in [0.15, 0.2) is 53.9 Å². The Balaban J connectivity index is 1.87. The van der Waals surface area contributed by atoms with E-state index in [-0.39, 0.29) is 12.1 Å². The van der Waals surface area contributed by atoms with Crippen molar-refractivity contribution in [3.8, 4) is 0 Å². The van der Waals surface area contributed by atoms with Gasteiger partial charge in [-0.2, -0.15) is 0 Å². The molecule has 0 spiro atoms. The van der Waals surface area contributed by atoms with E-state index in [0.717, 1.165) is 27.6 Å². The van der Waals surface area contributed by atoms with Crippen molar-refractivity contribution in [3.05, 3.63) is 75.7 Å². The summed E-state index contributed by atoms with van der Waals surface area (Å²) in [6.45, 7) is 4.01. The lowest BCUT2D eigenvalue weighted by molar-refractivity contribution is 0.0974. The summed E-state index contributed by atoms with van der Waals surface area (Å²) in [6.07, 6.45) is -0.306. The van der Waals surface area contributed by atoms with E-state index in [2.05, 4.69) is 10.3 Å². The second-order valence-corrected chi connectivity index (χ2v) is 6.96. The van der Waals surface area contributed by atoms with Gasteiger partial charge in [-0.05, 0) is 43.7 Å². The van der Waals surface area contributed by atoms with Crippen LogP contribution in [0.4, 0.5) is 11.4 Å². The van der Waals surface area contributed by atoms with Crippen molar-refractivity contribution in [2.75, 3.05) is 10.2 Å². The van der Waals surface area contributed by atoms with Crippen molar-refractivity contribution in [3.63, 3.8) is 0 Å². The van der Waals surface area contributed by atoms with Crippen LogP contribution >= 0.6 is 11.3 Å². The molecule has 1 aliphatic heterocycles. The number of fused-ring (bicyclic) bond motifs is 1. The first kappa shape index (κ1) is 14.9. The fourth-order valence-corrected chi connectivity index (χ4v) is 3.64. The van der Waals surface area contributed by atoms with Crippen LogP contribution in [-0.4, -0.2) is 10.9 Å². The number of hydrogen-bond donors (Lipinski definition) is 1. The van der Waals surface area contributed by atoms with E-state index in [9.17, 15) is 4.79 Å². The number of rotatable bonds is 2. The van der Waals surface area contributed by atoms with Gasteiger partial charge < -0.3 is 5.32 Å². The van der Waals surface area contributed by atoms with Gasteiger partial charge in [-0.1, -0.05) is 24.3 Å². The number of nitrogens with one attached hydrogen (secondary N) is 1. The van der Waals surface area contributed by atoms with Crippen molar-refractivity contribution in [1.82, 2.24) is 4.98 Å². The molecule has 0 saturated carbocycles. The highest BCUT2D eigenvalue weighted by Crippen LogP contribution is 2.36. The quantitative estimate of drug-likeness (QED) is 0.748. The zero-order valence-corrected chi connectivity index (χ0v) is 14.3. The third-order valence-electron chi connectivity index (χ3n) is 4.12. The second-order valence-electron chi connectivity index (χ2n) is 5.90. The van der Waals surface area contributed by atoms with Gasteiger partial charge in [0.25, 0.3) is 5.91 Å². The number of aryl methyl sites for hydroxylation is 2. The number of anilines is 2. The van der Waals surface area contributed by atoms with Crippen LogP contribution in [0.25, 0.3) is 0 Å². The molecule has 0 saturated heterocycles. The van der Waals surface area contributed by atoms with E-state index < -0.39 is 0 Å². The van der Waals surface area contributed by atoms with Gasteiger partial charge in [0.05, 0.1) is 16.3 Å². The Morgan fingerprint density at radius 3 is 2.71 bits per heavy atom. The van der Waals surface area contributed by atoms with Crippen molar-refractivity contribution in [1.29, 1.82) is 0 Å². The number of benzene rings is 2. The summed E-state index contributed by atoms with van der Waals surface area (Å²) >= 11 is 1.59. The zero-order chi connectivity index (χ0) is 16.7. The molecule has 0 aliphatic carbocycles. The third kappa shape index (κ3) is 2.47. The Morgan fingerprint density at radius 1 is 1.12 bits per heavy atom. The Labute approximate surface area is 144 Å². The first-order valence-electron chi connectivity index (χ1n) is 7.81. The molecule has 5 heteroatoms. The maximum absolute atomic E-state index is 13.2. The maximum atomic E-state index is 13.2. The minimum atomic E-state index is -0.306. The molecule has 1 aromatic heterocycles. The van der Waals surface area contributed by atoms with Gasteiger partial charge in [-0.25, -0.2) is 4.98 Å². The maximum Gasteiger partial charge on any atom is 0.262 e. The van der Waals surface area contributed by atoms with Crippen LogP contribution in [-0.2, 0) is 0 Å². The van der Waals surface area contributed by atoms with Gasteiger partial charge in [0.15, 0.2) is 6.17 Å². The Kier molecular flexibility index (Phi) is 3.58. The van der Waals surface area contributed by atoms with Crippen LogP contribution < -0.4 is 10.2 Å². The molecule has 120 valence electrons. The number of aromatic nitrogens is 1. The molecule has 1 atom stereocenters. The van der Waals surface area contributed by atoms with Crippen LogP contribution in [0.3, 0.4) is 0 Å². The first-order chi connectivity index (χ1) is 11.6. The highest BCUT2D eigenvalue weighted by atomic mass is 32.1. The largest absolute Gasteiger partial charge is 0.359 e. The van der Waals surface area contributed by atoms with Gasteiger partial charge in [0.1, 0.15) is 0 Å². The predicted octanol–water partition coefficient (Wildman–Crippen LogP) is 4.53. The van der Waals surface area contributed by atoms with Crippen molar-refractivity contribution < 1.29 is 4.79 Å². The third-order valence-corrected chi connectivity index (χ3v) is 4.92. The summed E-state index contributed by atoms with van der Waals surface area (Å²) < 4.78 is 0. The molecular weight excluding hydrogens is 318 g/mol. The van der Waals surface area contributed by atoms with Crippen LogP contribution in [0, 0.1) is 13.8 Å². The van der Waals surface area contributed by atoms with E-state index in [1.165, 1.54) is 0 Å². The van der Waals surface area contributed by atoms with Crippen molar-refractivity contribution in [2.45, 2.75) is 20.0 Å². The molecule has 0 radical (unpaired) electrons. The van der Waals surface area contributed by atoms with E-state index in [0.29, 0.717) is 5.56 Å². The van der Waals surface area contributed by atoms with Crippen LogP contribution in [0.5, 0.6) is 0 Å². The average Bonchev–Trinajstić information content (AvgIpc) is 3.01. The standard InChI is InChI=1S/C19H17N3OS/c1-12-6-5-7-14(10-12)22-18(17-11-24-13(2)20-17)21-16-9-4-3-8-15(16)19(22)23/h3-11,18,21H,1-2H3/t18-/m1/s1. The Morgan fingerprint density at radius 2 is 1.96 bits per heavy atom. The monoisotopic (exact) mass is 335 g/mol. The fraction of sp³-hybridized carbons (Fsp3) is 0.158. The minimum Gasteiger partial charge on any atom is -0.359 e. The lowest BCUT2D eigenvalue weighted by Crippen LogP contribution is -2.43. The molecule has 4 nitrogen and oxygen atoms in total. The number of amides is 1. The van der Waals surface area contributed by atoms with Crippen molar-refractivity contribution >= 4 is 28.6 Å². The number of carbonyl (C=O) groups excluding carboxylic acids is 1. The molecule has 4 rings (SSSR count). The van der Waals surface area contributed by atoms with Gasteiger partial charge in [0, 0.05) is 16.8 Å². The molecule has 2 heterocycles. The molecular formula is C19H17N3OS. The van der Waals surface area contributed by atoms with Crippen LogP contribution in [0.2, 0.25) is 0 Å². The average molecular weight is 335 g/mol. The lowest BCUT2D eigenvalue weighted by Gasteiger charge is -2.37. The molecule has 0 unspecified atom stereocenters. The van der Waals surface area contributed by atoms with Gasteiger partial charge in [-0.15, -0.1) is 11.3 Å². The predicted molar refractivity (Wildman–Crippen MR) is 97.6 cm³/mol. The second kappa shape index (κ2) is 5.76. The summed E-state index contributed by atoms with van der Waals surface area (Å²) in [4.78, 5) is 19.6. The zero-order valence-electron chi connectivity index (χ0n) is 13.5. The lowest BCUT2D eigenvalue weighted by atomic mass is 10.0. The van der Waals surface area contributed by atoms with Gasteiger partial charge in [-0.3, -0.25) is 9.69 Å². The fourth-order valence-electron chi connectivity index (χ4n) is 3.01. The topological polar surface area (TPSA) is 45.2 Å². The summed E-state index contributed by atoms with van der Waals surface area (Å²) in [6, 6.07) is 15.6. The van der Waals surface area contributed by atoms with E-state index >= 15 is 0 Å². The smallest absolute Gasteiger partial charge is 0.262 e. The molecule has 24 heavy (non-hydrogen) atoms. The molecule has 3 aromatic rings. The van der Waals surface area contributed by atoms with E-state index in [1.54, 1.807) is 16.2 Å². The highest BCUT2D eigenvalue weighted by molar-refractivity contribution is 7.09. The number of carbonyl (C=O) groups is 1. The summed E-state index contributed by atoms with van der Waals surface area (Å²) in [5, 5.41) is 6.47. The van der Waals surface area contributed by atoms with Gasteiger partial charge >= 0.3 is 0 Å². The normalized spacial score (nSPS) is 16.7. The van der Waals surface area contributed by atoms with E-state index in [1.807, 2.05) is 67.8 Å². The number of thiazole rings is 1. The van der Waals surface area contributed by atoms with E-state index in [4.69, 9.17) is 0 Å². The molecule has 1 amide bonds. The molecule has 0 fully saturated rings. The van der Waals surface area contributed by atoms with Crippen LogP contribution in [0.1, 0.15) is 32.8 Å². The SMILES string of the molecule is Cc1cccc(N2C(=O)c3ccccc3N[C@H]2c2csc(C)n2)c1. The highest BCUT2D eigenvalue weighted by Gasteiger charge is 2.35. The Hall–Kier alpha value is -2.66. The first-order valence-corrected chi connectivity index (χ1v) is 8.69. The molecule has 2 aromatic carbocycles. The van der Waals surface area contributed by atoms with Gasteiger partial charge in [0.2, 0.25) is 0 Å². The number of para-hydroxylation sites is 1. The Bertz CT molecular complexity index is 918. The molecule has 1 N–H and O–H groups in total.